The maximum absolute atomic E-state index is 12.2. The third-order valence-corrected chi connectivity index (χ3v) is 5.81. The molecule has 0 aliphatic carbocycles. The van der Waals surface area contributed by atoms with E-state index in [-0.39, 0.29) is 23.9 Å². The van der Waals surface area contributed by atoms with E-state index in [0.29, 0.717) is 24.5 Å². The van der Waals surface area contributed by atoms with Gasteiger partial charge in [-0.3, -0.25) is 9.69 Å². The number of hydrogen-bond acceptors (Lipinski definition) is 5. The summed E-state index contributed by atoms with van der Waals surface area (Å²) in [6, 6.07) is 10.1. The molecule has 13 heteroatoms. The van der Waals surface area contributed by atoms with Gasteiger partial charge in [-0.05, 0) is 48.5 Å². The molecule has 0 saturated carbocycles. The summed E-state index contributed by atoms with van der Waals surface area (Å²) in [7, 11) is -4.02. The number of benzene rings is 2. The van der Waals surface area contributed by atoms with Gasteiger partial charge in [0.2, 0.25) is 15.9 Å². The first-order valence-electron chi connectivity index (χ1n) is 9.34. The van der Waals surface area contributed by atoms with Crippen LogP contribution in [0.25, 0.3) is 0 Å². The van der Waals surface area contributed by atoms with Gasteiger partial charge in [-0.15, -0.1) is 13.2 Å². The van der Waals surface area contributed by atoms with Gasteiger partial charge in [-0.2, -0.15) is 0 Å². The summed E-state index contributed by atoms with van der Waals surface area (Å²) in [6.07, 6.45) is -5.06. The number of urea groups is 1. The number of ether oxygens (including phenoxy) is 1. The first-order valence-corrected chi connectivity index (χ1v) is 10.8. The minimum absolute atomic E-state index is 0.176. The van der Waals surface area contributed by atoms with Crippen molar-refractivity contribution in [3.63, 3.8) is 0 Å². The van der Waals surface area contributed by atoms with Crippen LogP contribution in [-0.2, 0) is 14.8 Å². The van der Waals surface area contributed by atoms with E-state index in [0.717, 1.165) is 24.3 Å². The molecular formula is C19H19F3N4O5S. The fourth-order valence-corrected chi connectivity index (χ4v) is 3.90. The lowest BCUT2D eigenvalue weighted by Gasteiger charge is -2.14. The topological polar surface area (TPSA) is 117 Å². The second-order valence-corrected chi connectivity index (χ2v) is 8.41. The molecule has 2 aromatic carbocycles. The van der Waals surface area contributed by atoms with E-state index >= 15 is 0 Å². The monoisotopic (exact) mass is 472 g/mol. The SMILES string of the molecule is O=C(CCNS(=O)(=O)c1ccc(OC(F)(F)F)cc1)Nc1ccc(N2CCNC2=O)cc1. The minimum Gasteiger partial charge on any atom is -0.406 e. The zero-order chi connectivity index (χ0) is 23.4. The summed E-state index contributed by atoms with van der Waals surface area (Å²) >= 11 is 0. The number of alkyl halides is 3. The van der Waals surface area contributed by atoms with Gasteiger partial charge in [-0.25, -0.2) is 17.9 Å². The second kappa shape index (κ2) is 9.44. The molecular weight excluding hydrogens is 453 g/mol. The molecule has 1 aliphatic rings. The average molecular weight is 472 g/mol. The molecule has 0 radical (unpaired) electrons. The number of halogens is 3. The maximum atomic E-state index is 12.2. The van der Waals surface area contributed by atoms with Crippen LogP contribution in [0.4, 0.5) is 29.3 Å². The van der Waals surface area contributed by atoms with Crippen LogP contribution in [0.2, 0.25) is 0 Å². The number of anilines is 2. The van der Waals surface area contributed by atoms with Gasteiger partial charge in [-0.1, -0.05) is 0 Å². The Morgan fingerprint density at radius 3 is 2.31 bits per heavy atom. The van der Waals surface area contributed by atoms with Crippen molar-refractivity contribution in [3.8, 4) is 5.75 Å². The van der Waals surface area contributed by atoms with Crippen molar-refractivity contribution in [1.29, 1.82) is 0 Å². The van der Waals surface area contributed by atoms with Crippen LogP contribution in [0.15, 0.2) is 53.4 Å². The van der Waals surface area contributed by atoms with Crippen LogP contribution < -0.4 is 25.0 Å². The van der Waals surface area contributed by atoms with E-state index in [1.54, 1.807) is 29.2 Å². The number of amides is 3. The molecule has 0 unspecified atom stereocenters. The Labute approximate surface area is 181 Å². The van der Waals surface area contributed by atoms with Crippen LogP contribution >= 0.6 is 0 Å². The summed E-state index contributed by atoms with van der Waals surface area (Å²) in [5.74, 6) is -1.000. The number of carbonyl (C=O) groups excluding carboxylic acids is 2. The van der Waals surface area contributed by atoms with Crippen LogP contribution in [0.3, 0.4) is 0 Å². The standard InChI is InChI=1S/C19H19F3N4O5S/c20-19(21,22)31-15-5-7-16(8-6-15)32(29,30)24-10-9-17(27)25-13-1-3-14(4-2-13)26-12-11-23-18(26)28/h1-8,24H,9-12H2,(H,23,28)(H,25,27). The van der Waals surface area contributed by atoms with Gasteiger partial charge in [0.25, 0.3) is 0 Å². The maximum Gasteiger partial charge on any atom is 0.573 e. The van der Waals surface area contributed by atoms with Gasteiger partial charge < -0.3 is 15.4 Å². The van der Waals surface area contributed by atoms with E-state index in [9.17, 15) is 31.2 Å². The van der Waals surface area contributed by atoms with Crippen LogP contribution in [0.5, 0.6) is 5.75 Å². The van der Waals surface area contributed by atoms with E-state index in [4.69, 9.17) is 0 Å². The van der Waals surface area contributed by atoms with Crippen molar-refractivity contribution in [1.82, 2.24) is 10.0 Å². The van der Waals surface area contributed by atoms with E-state index in [1.807, 2.05) is 0 Å². The number of rotatable bonds is 8. The molecule has 1 saturated heterocycles. The summed E-state index contributed by atoms with van der Waals surface area (Å²) in [6.45, 7) is 0.877. The molecule has 1 aliphatic heterocycles. The molecule has 2 aromatic rings. The summed E-state index contributed by atoms with van der Waals surface area (Å²) in [5, 5.41) is 5.29. The molecule has 9 nitrogen and oxygen atoms in total. The molecule has 3 N–H and O–H groups in total. The molecule has 0 bridgehead atoms. The highest BCUT2D eigenvalue weighted by Gasteiger charge is 2.31. The highest BCUT2D eigenvalue weighted by molar-refractivity contribution is 7.89. The lowest BCUT2D eigenvalue weighted by atomic mass is 10.2. The minimum atomic E-state index is -4.88. The summed E-state index contributed by atoms with van der Waals surface area (Å²) in [4.78, 5) is 25.0. The lowest BCUT2D eigenvalue weighted by molar-refractivity contribution is -0.274. The number of nitrogens with zero attached hydrogens (tertiary/aromatic N) is 1. The van der Waals surface area contributed by atoms with Crippen molar-refractivity contribution < 1.29 is 35.9 Å². The first-order chi connectivity index (χ1) is 15.0. The molecule has 1 fully saturated rings. The van der Waals surface area contributed by atoms with Crippen LogP contribution in [0, 0.1) is 0 Å². The molecule has 3 rings (SSSR count). The Morgan fingerprint density at radius 2 is 1.75 bits per heavy atom. The van der Waals surface area contributed by atoms with Gasteiger partial charge >= 0.3 is 12.4 Å². The van der Waals surface area contributed by atoms with E-state index in [2.05, 4.69) is 20.1 Å². The summed E-state index contributed by atoms with van der Waals surface area (Å²) in [5.41, 5.74) is 1.15. The fraction of sp³-hybridized carbons (Fsp3) is 0.263. The largest absolute Gasteiger partial charge is 0.573 e. The molecule has 0 atom stereocenters. The Hall–Kier alpha value is -3.32. The van der Waals surface area contributed by atoms with Crippen LogP contribution in [-0.4, -0.2) is 46.4 Å². The molecule has 0 spiro atoms. The molecule has 172 valence electrons. The van der Waals surface area contributed by atoms with Crippen molar-refractivity contribution in [3.05, 3.63) is 48.5 Å². The molecule has 1 heterocycles. The smallest absolute Gasteiger partial charge is 0.406 e. The fourth-order valence-electron chi connectivity index (χ4n) is 2.87. The van der Waals surface area contributed by atoms with E-state index in [1.165, 1.54) is 0 Å². The lowest BCUT2D eigenvalue weighted by Crippen LogP contribution is -2.28. The van der Waals surface area contributed by atoms with E-state index < -0.39 is 28.0 Å². The molecule has 32 heavy (non-hydrogen) atoms. The van der Waals surface area contributed by atoms with Gasteiger partial charge in [0.15, 0.2) is 0 Å². The number of sulfonamides is 1. The zero-order valence-electron chi connectivity index (χ0n) is 16.5. The second-order valence-electron chi connectivity index (χ2n) is 6.65. The van der Waals surface area contributed by atoms with Gasteiger partial charge in [0.1, 0.15) is 5.75 Å². The Kier molecular flexibility index (Phi) is 6.89. The highest BCUT2D eigenvalue weighted by atomic mass is 32.2. The molecule has 3 amide bonds. The average Bonchev–Trinajstić information content (AvgIpc) is 3.13. The number of nitrogens with one attached hydrogen (secondary N) is 3. The van der Waals surface area contributed by atoms with Crippen LogP contribution in [0.1, 0.15) is 6.42 Å². The third-order valence-electron chi connectivity index (χ3n) is 4.33. The zero-order valence-corrected chi connectivity index (χ0v) is 17.3. The quantitative estimate of drug-likeness (QED) is 0.546. The van der Waals surface area contributed by atoms with Crippen molar-refractivity contribution in [2.75, 3.05) is 29.9 Å². The molecule has 0 aromatic heterocycles. The normalized spacial score (nSPS) is 14.2. The van der Waals surface area contributed by atoms with Crippen molar-refractivity contribution in [2.45, 2.75) is 17.7 Å². The predicted molar refractivity (Wildman–Crippen MR) is 109 cm³/mol. The Balaban J connectivity index is 1.48. The Morgan fingerprint density at radius 1 is 1.09 bits per heavy atom. The van der Waals surface area contributed by atoms with Gasteiger partial charge in [0.05, 0.1) is 4.90 Å². The summed E-state index contributed by atoms with van der Waals surface area (Å²) < 4.78 is 66.8. The van der Waals surface area contributed by atoms with Gasteiger partial charge in [0, 0.05) is 37.4 Å². The predicted octanol–water partition coefficient (Wildman–Crippen LogP) is 2.42. The number of hydrogen-bond donors (Lipinski definition) is 3. The number of carbonyl (C=O) groups is 2. The Bertz CT molecular complexity index is 1070. The first kappa shape index (κ1) is 23.3. The highest BCUT2D eigenvalue weighted by Crippen LogP contribution is 2.24. The van der Waals surface area contributed by atoms with Crippen molar-refractivity contribution in [2.24, 2.45) is 0 Å². The van der Waals surface area contributed by atoms with Crippen molar-refractivity contribution >= 4 is 33.3 Å². The third kappa shape index (κ3) is 6.34.